The van der Waals surface area contributed by atoms with E-state index in [0.717, 1.165) is 73.3 Å². The zero-order valence-electron chi connectivity index (χ0n) is 35.6. The van der Waals surface area contributed by atoms with Gasteiger partial charge in [0.05, 0.1) is 5.92 Å². The van der Waals surface area contributed by atoms with Crippen molar-refractivity contribution in [2.45, 2.75) is 109 Å². The smallest absolute Gasteiger partial charge is 0.453 e. The van der Waals surface area contributed by atoms with Gasteiger partial charge in [-0.1, -0.05) is 141 Å². The monoisotopic (exact) mass is 852 g/mol. The van der Waals surface area contributed by atoms with Gasteiger partial charge in [0, 0.05) is 6.42 Å². The Labute approximate surface area is 361 Å². The average molecular weight is 853 g/mol. The van der Waals surface area contributed by atoms with Gasteiger partial charge in [0.25, 0.3) is 0 Å². The van der Waals surface area contributed by atoms with Gasteiger partial charge in [-0.25, -0.2) is 0 Å². The lowest BCUT2D eigenvalue weighted by molar-refractivity contribution is -0.284. The van der Waals surface area contributed by atoms with Gasteiger partial charge in [-0.2, -0.15) is 22.0 Å². The highest BCUT2D eigenvalue weighted by Gasteiger charge is 2.56. The molecule has 6 rings (SSSR count). The molecule has 0 saturated carbocycles. The number of unbranched alkanes of at least 4 members (excludes halogenated alkanes) is 6. The molecule has 0 fully saturated rings. The lowest BCUT2D eigenvalue weighted by atomic mass is 9.90. The number of aromatic hydroxyl groups is 2. The van der Waals surface area contributed by atoms with Crippen molar-refractivity contribution in [1.29, 1.82) is 0 Å². The van der Waals surface area contributed by atoms with Gasteiger partial charge in [0.2, 0.25) is 0 Å². The molecule has 0 aliphatic heterocycles. The van der Waals surface area contributed by atoms with Gasteiger partial charge in [0.1, 0.15) is 11.5 Å². The fraction of sp³-hybridized carbons (Fsp3) is 0.340. The molecule has 3 N–H and O–H groups in total. The molecule has 9 heteroatoms. The van der Waals surface area contributed by atoms with Crippen LogP contribution in [0.3, 0.4) is 0 Å². The maximum absolute atomic E-state index is 13.1. The Hall–Kier alpha value is -5.70. The van der Waals surface area contributed by atoms with Crippen LogP contribution in [0.5, 0.6) is 11.5 Å². The lowest BCUT2D eigenvalue weighted by Gasteiger charge is -2.20. The van der Waals surface area contributed by atoms with Crippen LogP contribution in [0.1, 0.15) is 92.9 Å². The van der Waals surface area contributed by atoms with Crippen LogP contribution in [-0.2, 0) is 17.6 Å². The Kier molecular flexibility index (Phi) is 16.7. The van der Waals surface area contributed by atoms with Crippen LogP contribution in [0.4, 0.5) is 22.0 Å². The topological polar surface area (TPSA) is 77.8 Å². The molecule has 0 radical (unpaired) electrons. The van der Waals surface area contributed by atoms with Crippen molar-refractivity contribution in [1.82, 2.24) is 0 Å². The fourth-order valence-corrected chi connectivity index (χ4v) is 8.12. The van der Waals surface area contributed by atoms with Gasteiger partial charge in [-0.3, -0.25) is 4.79 Å². The number of aryl methyl sites for hydroxylation is 3. The minimum Gasteiger partial charge on any atom is -0.508 e. The molecule has 328 valence electrons. The number of phenols is 2. The molecule has 0 aliphatic carbocycles. The van der Waals surface area contributed by atoms with E-state index in [2.05, 4.69) is 75.0 Å². The van der Waals surface area contributed by atoms with E-state index in [1.165, 1.54) is 44.2 Å². The number of hydrogen-bond acceptors (Lipinski definition) is 3. The number of phenolic OH excluding ortho intramolecular Hbond substituents is 2. The van der Waals surface area contributed by atoms with Crippen molar-refractivity contribution in [3.8, 4) is 33.8 Å². The number of benzene rings is 6. The maximum atomic E-state index is 13.1. The van der Waals surface area contributed by atoms with Gasteiger partial charge in [0.15, 0.2) is 0 Å². The number of carbonyl (C=O) groups is 1. The number of allylic oxidation sites excluding steroid dienone is 1. The third kappa shape index (κ3) is 12.9. The van der Waals surface area contributed by atoms with Crippen molar-refractivity contribution in [3.05, 3.63) is 144 Å². The summed E-state index contributed by atoms with van der Waals surface area (Å²) in [6.45, 7) is 8.19. The highest BCUT2D eigenvalue weighted by Crippen LogP contribution is 2.40. The standard InChI is InChI=1S/C32H37F5O4.C21H20/c33-31(34,32(35,36)37)20-8-10-23(30(40)41)9-6-4-2-1-3-5-7-11-29-27(22-12-15-25(38)16-13-22)18-14-24-21-26(39)17-19-28(24)29;1-4-5-21-19(17-9-6-15(2)7-10-17)13-11-18-14-16(3)8-12-20(18)21/h12-19,21,23,38-39H,1-11,20H2,(H,40,41);4,6-14H,1,5H2,2-3H3. The molecule has 6 aromatic carbocycles. The third-order valence-corrected chi connectivity index (χ3v) is 11.6. The Morgan fingerprint density at radius 2 is 1.10 bits per heavy atom. The first kappa shape index (κ1) is 47.4. The number of fused-ring (bicyclic) bond motifs is 2. The predicted molar refractivity (Wildman–Crippen MR) is 242 cm³/mol. The molecule has 62 heavy (non-hydrogen) atoms. The summed E-state index contributed by atoms with van der Waals surface area (Å²) < 4.78 is 63.0. The van der Waals surface area contributed by atoms with Crippen molar-refractivity contribution in [2.75, 3.05) is 0 Å². The number of carboxylic acids is 1. The Balaban J connectivity index is 0.000000287. The van der Waals surface area contributed by atoms with Crippen molar-refractivity contribution in [2.24, 2.45) is 5.92 Å². The van der Waals surface area contributed by atoms with E-state index < -0.39 is 36.8 Å². The molecule has 0 bridgehead atoms. The van der Waals surface area contributed by atoms with E-state index in [9.17, 15) is 42.1 Å². The summed E-state index contributed by atoms with van der Waals surface area (Å²) >= 11 is 0. The van der Waals surface area contributed by atoms with E-state index in [0.29, 0.717) is 6.42 Å². The van der Waals surface area contributed by atoms with Crippen LogP contribution in [0.25, 0.3) is 43.8 Å². The summed E-state index contributed by atoms with van der Waals surface area (Å²) in [5, 5.41) is 33.6. The molecular weight excluding hydrogens is 796 g/mol. The second-order valence-corrected chi connectivity index (χ2v) is 16.4. The predicted octanol–water partition coefficient (Wildman–Crippen LogP) is 15.5. The zero-order valence-corrected chi connectivity index (χ0v) is 35.6. The lowest BCUT2D eigenvalue weighted by Crippen LogP contribution is -2.36. The minimum absolute atomic E-state index is 0.194. The van der Waals surface area contributed by atoms with Gasteiger partial charge >= 0.3 is 18.1 Å². The number of carboxylic acid groups (broad SMARTS) is 1. The van der Waals surface area contributed by atoms with Crippen LogP contribution < -0.4 is 0 Å². The SMILES string of the molecule is C=CCc1c(-c2ccc(C)cc2)ccc2cc(C)ccc12.O=C(O)C(CCCCCCCCCc1c(-c2ccc(O)cc2)ccc2cc(O)ccc12)CCCC(F)(F)C(F)(F)F. The largest absolute Gasteiger partial charge is 0.508 e. The van der Waals surface area contributed by atoms with Gasteiger partial charge in [-0.15, -0.1) is 6.58 Å². The average Bonchev–Trinajstić information content (AvgIpc) is 3.22. The Bertz CT molecular complexity index is 2400. The molecule has 1 atom stereocenters. The maximum Gasteiger partial charge on any atom is 0.453 e. The molecule has 0 aromatic heterocycles. The number of aliphatic carboxylic acids is 1. The van der Waals surface area contributed by atoms with Crippen LogP contribution in [-0.4, -0.2) is 33.4 Å². The van der Waals surface area contributed by atoms with E-state index in [1.54, 1.807) is 24.3 Å². The molecule has 0 saturated heterocycles. The fourth-order valence-electron chi connectivity index (χ4n) is 8.12. The summed E-state index contributed by atoms with van der Waals surface area (Å²) in [6, 6.07) is 36.3. The van der Waals surface area contributed by atoms with Gasteiger partial charge in [-0.05, 0) is 132 Å². The van der Waals surface area contributed by atoms with Crippen molar-refractivity contribution in [3.63, 3.8) is 0 Å². The third-order valence-electron chi connectivity index (χ3n) is 11.6. The second kappa shape index (κ2) is 21.9. The summed E-state index contributed by atoms with van der Waals surface area (Å²) in [4.78, 5) is 11.4. The molecule has 6 aromatic rings. The zero-order chi connectivity index (χ0) is 44.9. The van der Waals surface area contributed by atoms with Crippen LogP contribution in [0.15, 0.2) is 122 Å². The van der Waals surface area contributed by atoms with E-state index in [4.69, 9.17) is 0 Å². The molecule has 1 unspecified atom stereocenters. The first-order chi connectivity index (χ1) is 29.6. The van der Waals surface area contributed by atoms with Crippen LogP contribution >= 0.6 is 0 Å². The number of halogens is 5. The number of alkyl halides is 5. The first-order valence-electron chi connectivity index (χ1n) is 21.5. The highest BCUT2D eigenvalue weighted by molar-refractivity contribution is 5.93. The quantitative estimate of drug-likeness (QED) is 0.0431. The summed E-state index contributed by atoms with van der Waals surface area (Å²) in [6.07, 6.45) is 2.47. The van der Waals surface area contributed by atoms with Crippen molar-refractivity contribution >= 4 is 27.5 Å². The highest BCUT2D eigenvalue weighted by atomic mass is 19.4. The normalized spacial score (nSPS) is 12.2. The minimum atomic E-state index is -5.61. The molecule has 0 amide bonds. The summed E-state index contributed by atoms with van der Waals surface area (Å²) in [5.41, 5.74) is 9.81. The molecule has 0 spiro atoms. The van der Waals surface area contributed by atoms with E-state index in [-0.39, 0.29) is 24.3 Å². The summed E-state index contributed by atoms with van der Waals surface area (Å²) in [7, 11) is 0. The first-order valence-corrected chi connectivity index (χ1v) is 21.5. The number of hydrogen-bond donors (Lipinski definition) is 3. The molecule has 4 nitrogen and oxygen atoms in total. The Morgan fingerprint density at radius 3 is 1.71 bits per heavy atom. The van der Waals surface area contributed by atoms with Crippen molar-refractivity contribution < 1.29 is 42.1 Å². The molecular formula is C53H57F5O4. The summed E-state index contributed by atoms with van der Waals surface area (Å²) in [5.74, 6) is -6.46. The second-order valence-electron chi connectivity index (χ2n) is 16.4. The Morgan fingerprint density at radius 1 is 0.597 bits per heavy atom. The van der Waals surface area contributed by atoms with Crippen LogP contribution in [0, 0.1) is 19.8 Å². The van der Waals surface area contributed by atoms with Gasteiger partial charge < -0.3 is 15.3 Å². The van der Waals surface area contributed by atoms with E-state index >= 15 is 0 Å². The van der Waals surface area contributed by atoms with Crippen LogP contribution in [0.2, 0.25) is 0 Å². The molecule has 0 heterocycles. The molecule has 0 aliphatic rings. The number of rotatable bonds is 19. The van der Waals surface area contributed by atoms with E-state index in [1.807, 2.05) is 36.4 Å².